The van der Waals surface area contributed by atoms with Gasteiger partial charge in [-0.25, -0.2) is 9.97 Å². The highest BCUT2D eigenvalue weighted by molar-refractivity contribution is 6.06. The van der Waals surface area contributed by atoms with Crippen molar-refractivity contribution in [1.29, 1.82) is 0 Å². The van der Waals surface area contributed by atoms with Crippen LogP contribution in [0.3, 0.4) is 0 Å². The molecule has 310 valence electrons. The summed E-state index contributed by atoms with van der Waals surface area (Å²) in [5.74, 6) is -1.05. The second kappa shape index (κ2) is 16.6. The van der Waals surface area contributed by atoms with E-state index in [-0.39, 0.29) is 23.5 Å². The molecule has 1 atom stereocenters. The number of nitrogens with two attached hydrogens (primary N) is 2. The largest absolute Gasteiger partial charge is 0.491 e. The lowest BCUT2D eigenvalue weighted by Crippen LogP contribution is -2.33. The molecular weight excluding hydrogens is 759 g/mol. The molecule has 6 N–H and O–H groups in total. The lowest BCUT2D eigenvalue weighted by atomic mass is 10.0. The fourth-order valence-electron chi connectivity index (χ4n) is 7.74. The summed E-state index contributed by atoms with van der Waals surface area (Å²) in [5.41, 5.74) is 17.2. The topological polar surface area (TPSA) is 237 Å². The Kier molecular flexibility index (Phi) is 11.4. The number of nitrogens with zero attached hydrogens (tertiary/aromatic N) is 9. The fourth-order valence-corrected chi connectivity index (χ4v) is 7.74. The number of anilines is 3. The first-order valence-electron chi connectivity index (χ1n) is 19.6. The van der Waals surface area contributed by atoms with E-state index in [0.29, 0.717) is 115 Å². The van der Waals surface area contributed by atoms with Crippen molar-refractivity contribution in [3.8, 4) is 5.75 Å². The molecule has 5 heterocycles. The molecule has 1 aliphatic heterocycles. The van der Waals surface area contributed by atoms with E-state index < -0.39 is 17.7 Å². The molecule has 0 fully saturated rings. The summed E-state index contributed by atoms with van der Waals surface area (Å²) < 4.78 is 18.6. The molecule has 19 nitrogen and oxygen atoms in total. The number of hydrogen-bond acceptors (Lipinski definition) is 11. The minimum Gasteiger partial charge on any atom is -0.491 e. The molecule has 0 radical (unpaired) electrons. The van der Waals surface area contributed by atoms with Crippen molar-refractivity contribution in [2.45, 2.75) is 72.6 Å². The Morgan fingerprint density at radius 1 is 0.780 bits per heavy atom. The van der Waals surface area contributed by atoms with Crippen LogP contribution in [-0.4, -0.2) is 96.2 Å². The van der Waals surface area contributed by atoms with Gasteiger partial charge < -0.3 is 35.0 Å². The number of carbonyl (C=O) groups excluding carboxylic acids is 4. The van der Waals surface area contributed by atoms with Gasteiger partial charge in [-0.1, -0.05) is 0 Å². The normalized spacial score (nSPS) is 13.7. The number of methoxy groups -OCH3 is 1. The Morgan fingerprint density at radius 2 is 1.36 bits per heavy atom. The molecule has 0 spiro atoms. The first-order valence-corrected chi connectivity index (χ1v) is 19.6. The van der Waals surface area contributed by atoms with E-state index in [1.54, 1.807) is 52.9 Å². The number of amides is 4. The average Bonchev–Trinajstić information content (AvgIpc) is 3.97. The van der Waals surface area contributed by atoms with E-state index >= 15 is 0 Å². The first-order chi connectivity index (χ1) is 28.3. The Hall–Kier alpha value is -6.76. The number of benzene rings is 2. The van der Waals surface area contributed by atoms with Gasteiger partial charge >= 0.3 is 0 Å². The summed E-state index contributed by atoms with van der Waals surface area (Å²) in [6.45, 7) is 10.1. The van der Waals surface area contributed by atoms with Gasteiger partial charge in [0, 0.05) is 64.5 Å². The lowest BCUT2D eigenvalue weighted by Gasteiger charge is -2.34. The van der Waals surface area contributed by atoms with Gasteiger partial charge in [-0.05, 0) is 76.9 Å². The predicted molar refractivity (Wildman–Crippen MR) is 221 cm³/mol. The maximum Gasteiger partial charge on any atom is 0.276 e. The van der Waals surface area contributed by atoms with Crippen LogP contribution in [0.5, 0.6) is 5.75 Å². The summed E-state index contributed by atoms with van der Waals surface area (Å²) in [6, 6.07) is 9.79. The molecule has 0 saturated carbocycles. The van der Waals surface area contributed by atoms with Gasteiger partial charge in [0.25, 0.3) is 11.8 Å². The predicted octanol–water partition coefficient (Wildman–Crippen LogP) is 4.02. The summed E-state index contributed by atoms with van der Waals surface area (Å²) in [4.78, 5) is 64.1. The Labute approximate surface area is 339 Å². The second-order valence-corrected chi connectivity index (χ2v) is 14.6. The number of rotatable bonds is 17. The van der Waals surface area contributed by atoms with Crippen molar-refractivity contribution >= 4 is 63.3 Å². The standard InChI is InChI=1S/C40H49N13O6/c1-7-51-30(15-22(3)47-51)37(56)45-39-43-28-18-25(36(42)55)20-32(59-14-10-13-58-6)34(28)50(39)12-9-11-26-21-49(5)29-19-24(35(41)54)17-27-33(29)53(26)40(44-27)46-38(57)31-16-23(4)48-52(31)8-2/h15-20,26H,7-14,21H2,1-6H3,(H2,41,54)(H2,42,55)(H,43,45,56)(H,44,46,57)/t26-/m0/s1. The third kappa shape index (κ3) is 7.92. The zero-order valence-electron chi connectivity index (χ0n) is 34.0. The molecule has 0 bridgehead atoms. The Bertz CT molecular complexity index is 2600. The average molecular weight is 808 g/mol. The highest BCUT2D eigenvalue weighted by Crippen LogP contribution is 2.40. The van der Waals surface area contributed by atoms with Gasteiger partial charge in [0.05, 0.1) is 46.3 Å². The zero-order valence-corrected chi connectivity index (χ0v) is 34.0. The number of carbonyl (C=O) groups is 4. The summed E-state index contributed by atoms with van der Waals surface area (Å²) in [5, 5.41) is 14.9. The number of primary amides is 2. The zero-order chi connectivity index (χ0) is 42.1. The third-order valence-electron chi connectivity index (χ3n) is 10.4. The smallest absolute Gasteiger partial charge is 0.276 e. The summed E-state index contributed by atoms with van der Waals surface area (Å²) in [7, 11) is 3.55. The van der Waals surface area contributed by atoms with Gasteiger partial charge in [0.2, 0.25) is 23.7 Å². The summed E-state index contributed by atoms with van der Waals surface area (Å²) in [6.07, 6.45) is 1.73. The van der Waals surface area contributed by atoms with Crippen LogP contribution in [0.4, 0.5) is 17.6 Å². The molecule has 1 aliphatic rings. The number of imidazole rings is 2. The van der Waals surface area contributed by atoms with E-state index in [2.05, 4.69) is 25.7 Å². The molecule has 2 aromatic carbocycles. The minimum atomic E-state index is -0.649. The van der Waals surface area contributed by atoms with E-state index in [0.717, 1.165) is 11.2 Å². The molecule has 6 aromatic rings. The van der Waals surface area contributed by atoms with Gasteiger partial charge in [0.1, 0.15) is 22.7 Å². The molecule has 0 saturated heterocycles. The van der Waals surface area contributed by atoms with Gasteiger partial charge in [-0.15, -0.1) is 0 Å². The van der Waals surface area contributed by atoms with Crippen molar-refractivity contribution in [3.05, 3.63) is 70.3 Å². The van der Waals surface area contributed by atoms with E-state index in [4.69, 9.17) is 30.9 Å². The minimum absolute atomic E-state index is 0.203. The van der Waals surface area contributed by atoms with Crippen LogP contribution >= 0.6 is 0 Å². The number of hydrogen-bond donors (Lipinski definition) is 4. The van der Waals surface area contributed by atoms with Crippen LogP contribution < -0.4 is 31.7 Å². The fraction of sp³-hybridized carbons (Fsp3) is 0.400. The molecule has 4 amide bonds. The van der Waals surface area contributed by atoms with Crippen LogP contribution in [0, 0.1) is 13.8 Å². The number of fused-ring (bicyclic) bond motifs is 1. The second-order valence-electron chi connectivity index (χ2n) is 14.6. The van der Waals surface area contributed by atoms with Crippen molar-refractivity contribution < 1.29 is 28.7 Å². The molecular formula is C40H49N13O6. The molecule has 0 unspecified atom stereocenters. The van der Waals surface area contributed by atoms with Crippen LogP contribution in [0.15, 0.2) is 36.4 Å². The van der Waals surface area contributed by atoms with E-state index in [1.807, 2.05) is 43.9 Å². The number of aromatic nitrogens is 8. The van der Waals surface area contributed by atoms with Crippen molar-refractivity contribution in [1.82, 2.24) is 38.7 Å². The maximum absolute atomic E-state index is 13.8. The molecule has 59 heavy (non-hydrogen) atoms. The third-order valence-corrected chi connectivity index (χ3v) is 10.4. The highest BCUT2D eigenvalue weighted by Gasteiger charge is 2.31. The molecule has 19 heteroatoms. The van der Waals surface area contributed by atoms with Crippen LogP contribution in [0.1, 0.15) is 92.2 Å². The maximum atomic E-state index is 13.8. The van der Waals surface area contributed by atoms with Crippen LogP contribution in [-0.2, 0) is 24.4 Å². The molecule has 7 rings (SSSR count). The van der Waals surface area contributed by atoms with Crippen molar-refractivity contribution in [3.63, 3.8) is 0 Å². The molecule has 4 aromatic heterocycles. The monoisotopic (exact) mass is 807 g/mol. The number of aryl methyl sites for hydroxylation is 5. The molecule has 0 aliphatic carbocycles. The summed E-state index contributed by atoms with van der Waals surface area (Å²) >= 11 is 0. The number of nitrogens with one attached hydrogen (secondary N) is 2. The van der Waals surface area contributed by atoms with Gasteiger partial charge in [0.15, 0.2) is 0 Å². The first kappa shape index (κ1) is 40.4. The van der Waals surface area contributed by atoms with E-state index in [1.165, 1.54) is 0 Å². The van der Waals surface area contributed by atoms with Crippen molar-refractivity contribution in [2.75, 3.05) is 49.4 Å². The van der Waals surface area contributed by atoms with Crippen molar-refractivity contribution in [2.24, 2.45) is 11.5 Å². The SMILES string of the molecule is CCn1nc(C)cc1C(=O)Nc1nc2cc(C(N)=O)cc(OCCCOC)c2n1CCC[C@H]1CN(C)c2cc(C(N)=O)cc3nc(NC(=O)c4cc(C)nn4CC)n1c23. The Morgan fingerprint density at radius 3 is 1.95 bits per heavy atom. The van der Waals surface area contributed by atoms with Crippen LogP contribution in [0.25, 0.3) is 22.1 Å². The number of ether oxygens (including phenoxy) is 2. The van der Waals surface area contributed by atoms with Gasteiger partial charge in [-0.3, -0.25) is 39.2 Å². The Balaban J connectivity index is 1.26. The van der Waals surface area contributed by atoms with Crippen LogP contribution in [0.2, 0.25) is 0 Å². The lowest BCUT2D eigenvalue weighted by molar-refractivity contribution is 0.0991. The van der Waals surface area contributed by atoms with Gasteiger partial charge in [-0.2, -0.15) is 10.2 Å². The highest BCUT2D eigenvalue weighted by atomic mass is 16.5. The quantitative estimate of drug-likeness (QED) is 0.0960. The number of likely N-dealkylation sites (N-methyl/N-ethyl adjacent to an activating group) is 1. The van der Waals surface area contributed by atoms with E-state index in [9.17, 15) is 19.2 Å².